The number of carbonyl (C=O) groups is 1. The van der Waals surface area contributed by atoms with E-state index < -0.39 is 11.7 Å². The number of halogens is 1. The first-order chi connectivity index (χ1) is 9.81. The van der Waals surface area contributed by atoms with E-state index in [-0.39, 0.29) is 0 Å². The summed E-state index contributed by atoms with van der Waals surface area (Å²) < 4.78 is 5.20. The fraction of sp³-hybridized carbons (Fsp3) is 0.471. The van der Waals surface area contributed by atoms with Gasteiger partial charge in [-0.25, -0.2) is 4.79 Å². The number of hydrogen-bond donors (Lipinski definition) is 1. The van der Waals surface area contributed by atoms with Crippen LogP contribution in [-0.2, 0) is 4.74 Å². The fourth-order valence-corrected chi connectivity index (χ4v) is 2.11. The van der Waals surface area contributed by atoms with E-state index in [0.29, 0.717) is 12.5 Å². The molecule has 0 heterocycles. The van der Waals surface area contributed by atoms with Crippen LogP contribution >= 0.6 is 11.6 Å². The highest BCUT2D eigenvalue weighted by atomic mass is 35.5. The SMILES string of the molecule is CC(C/C(=C\Cl)CNC(=O)OC(C)(C)C)c1ccccc1. The Labute approximate surface area is 132 Å². The van der Waals surface area contributed by atoms with Crippen LogP contribution in [0.4, 0.5) is 4.79 Å². The van der Waals surface area contributed by atoms with Gasteiger partial charge in [-0.1, -0.05) is 48.9 Å². The average Bonchev–Trinajstić information content (AvgIpc) is 2.42. The van der Waals surface area contributed by atoms with Crippen LogP contribution in [0.25, 0.3) is 0 Å². The Bertz CT molecular complexity index is 477. The minimum Gasteiger partial charge on any atom is -0.444 e. The van der Waals surface area contributed by atoms with Gasteiger partial charge in [0.05, 0.1) is 0 Å². The molecule has 0 saturated carbocycles. The molecule has 116 valence electrons. The smallest absolute Gasteiger partial charge is 0.407 e. The molecular formula is C17H24ClNO2. The summed E-state index contributed by atoms with van der Waals surface area (Å²) in [6, 6.07) is 10.2. The molecule has 1 rings (SSSR count). The maximum atomic E-state index is 11.6. The van der Waals surface area contributed by atoms with Crippen molar-refractivity contribution >= 4 is 17.7 Å². The normalized spacial score (nSPS) is 13.7. The second-order valence-electron chi connectivity index (χ2n) is 6.14. The standard InChI is InChI=1S/C17H24ClNO2/c1-13(15-8-6-5-7-9-15)10-14(11-18)12-19-16(20)21-17(2,3)4/h5-9,11,13H,10,12H2,1-4H3,(H,19,20)/b14-11+. The minimum atomic E-state index is -0.494. The third kappa shape index (κ3) is 7.19. The van der Waals surface area contributed by atoms with Gasteiger partial charge in [0.1, 0.15) is 5.60 Å². The van der Waals surface area contributed by atoms with Gasteiger partial charge in [-0.2, -0.15) is 0 Å². The average molecular weight is 310 g/mol. The number of amides is 1. The zero-order valence-corrected chi connectivity index (χ0v) is 13.9. The van der Waals surface area contributed by atoms with E-state index in [1.54, 1.807) is 0 Å². The van der Waals surface area contributed by atoms with Crippen LogP contribution in [-0.4, -0.2) is 18.2 Å². The molecule has 4 heteroatoms. The summed E-state index contributed by atoms with van der Waals surface area (Å²) in [5.74, 6) is 0.344. The maximum absolute atomic E-state index is 11.6. The molecule has 0 radical (unpaired) electrons. The summed E-state index contributed by atoms with van der Waals surface area (Å²) in [4.78, 5) is 11.6. The van der Waals surface area contributed by atoms with Crippen LogP contribution in [0.3, 0.4) is 0 Å². The molecule has 0 spiro atoms. The lowest BCUT2D eigenvalue weighted by molar-refractivity contribution is 0.0532. The summed E-state index contributed by atoms with van der Waals surface area (Å²) >= 11 is 5.86. The monoisotopic (exact) mass is 309 g/mol. The van der Waals surface area contributed by atoms with Gasteiger partial charge < -0.3 is 10.1 Å². The number of ether oxygens (including phenoxy) is 1. The largest absolute Gasteiger partial charge is 0.444 e. The molecule has 21 heavy (non-hydrogen) atoms. The van der Waals surface area contributed by atoms with Gasteiger partial charge in [0.2, 0.25) is 0 Å². The molecule has 0 fully saturated rings. The van der Waals surface area contributed by atoms with Gasteiger partial charge >= 0.3 is 6.09 Å². The Balaban J connectivity index is 2.48. The Morgan fingerprint density at radius 3 is 2.48 bits per heavy atom. The highest BCUT2D eigenvalue weighted by Crippen LogP contribution is 2.23. The van der Waals surface area contributed by atoms with E-state index in [1.165, 1.54) is 11.1 Å². The highest BCUT2D eigenvalue weighted by Gasteiger charge is 2.16. The second kappa shape index (κ2) is 8.08. The van der Waals surface area contributed by atoms with E-state index in [0.717, 1.165) is 12.0 Å². The Morgan fingerprint density at radius 2 is 1.95 bits per heavy atom. The van der Waals surface area contributed by atoms with Crippen molar-refractivity contribution in [1.82, 2.24) is 5.32 Å². The lowest BCUT2D eigenvalue weighted by Gasteiger charge is -2.20. The lowest BCUT2D eigenvalue weighted by atomic mass is 9.94. The molecule has 0 aliphatic carbocycles. The first kappa shape index (κ1) is 17.6. The molecule has 1 unspecified atom stereocenters. The lowest BCUT2D eigenvalue weighted by Crippen LogP contribution is -2.33. The molecule has 0 aromatic heterocycles. The predicted octanol–water partition coefficient (Wildman–Crippen LogP) is 4.83. The van der Waals surface area contributed by atoms with Crippen molar-refractivity contribution in [3.63, 3.8) is 0 Å². The molecule has 0 aliphatic heterocycles. The van der Waals surface area contributed by atoms with Crippen molar-refractivity contribution in [3.8, 4) is 0 Å². The Morgan fingerprint density at radius 1 is 1.33 bits per heavy atom. The van der Waals surface area contributed by atoms with Crippen molar-refractivity contribution in [3.05, 3.63) is 47.0 Å². The van der Waals surface area contributed by atoms with Gasteiger partial charge in [-0.05, 0) is 44.2 Å². The summed E-state index contributed by atoms with van der Waals surface area (Å²) in [6.45, 7) is 8.05. The number of alkyl carbamates (subject to hydrolysis) is 1. The third-order valence-corrected chi connectivity index (χ3v) is 3.26. The first-order valence-electron chi connectivity index (χ1n) is 7.11. The zero-order valence-electron chi connectivity index (χ0n) is 13.2. The number of benzene rings is 1. The molecule has 0 aliphatic rings. The molecular weight excluding hydrogens is 286 g/mol. The molecule has 0 bridgehead atoms. The Kier molecular flexibility index (Phi) is 6.76. The van der Waals surface area contributed by atoms with Gasteiger partial charge in [0, 0.05) is 12.1 Å². The van der Waals surface area contributed by atoms with Crippen LogP contribution in [0, 0.1) is 0 Å². The highest BCUT2D eigenvalue weighted by molar-refractivity contribution is 6.25. The van der Waals surface area contributed by atoms with Crippen LogP contribution in [0.5, 0.6) is 0 Å². The minimum absolute atomic E-state index is 0.344. The fourth-order valence-electron chi connectivity index (χ4n) is 1.95. The summed E-state index contributed by atoms with van der Waals surface area (Å²) in [6.07, 6.45) is 0.370. The molecule has 1 aromatic rings. The van der Waals surface area contributed by atoms with E-state index >= 15 is 0 Å². The van der Waals surface area contributed by atoms with Crippen LogP contribution < -0.4 is 5.32 Å². The molecule has 3 nitrogen and oxygen atoms in total. The number of nitrogens with one attached hydrogen (secondary N) is 1. The molecule has 1 N–H and O–H groups in total. The van der Waals surface area contributed by atoms with Crippen LogP contribution in [0.2, 0.25) is 0 Å². The van der Waals surface area contributed by atoms with E-state index in [2.05, 4.69) is 24.4 Å². The number of carbonyl (C=O) groups excluding carboxylic acids is 1. The van der Waals surface area contributed by atoms with Crippen molar-refractivity contribution in [2.45, 2.75) is 45.6 Å². The van der Waals surface area contributed by atoms with Crippen LogP contribution in [0.15, 0.2) is 41.4 Å². The summed E-state index contributed by atoms with van der Waals surface area (Å²) in [5, 5.41) is 2.73. The molecule has 1 amide bonds. The maximum Gasteiger partial charge on any atom is 0.407 e. The van der Waals surface area contributed by atoms with E-state index in [9.17, 15) is 4.79 Å². The quantitative estimate of drug-likeness (QED) is 0.846. The third-order valence-electron chi connectivity index (χ3n) is 2.95. The van der Waals surface area contributed by atoms with Gasteiger partial charge in [0.15, 0.2) is 0 Å². The second-order valence-corrected chi connectivity index (χ2v) is 6.36. The number of hydrogen-bond acceptors (Lipinski definition) is 2. The first-order valence-corrected chi connectivity index (χ1v) is 7.55. The summed E-state index contributed by atoms with van der Waals surface area (Å²) in [5.41, 5.74) is 3.27. The number of rotatable bonds is 5. The van der Waals surface area contributed by atoms with Gasteiger partial charge in [-0.15, -0.1) is 0 Å². The predicted molar refractivity (Wildman–Crippen MR) is 87.6 cm³/mol. The van der Waals surface area contributed by atoms with E-state index in [1.807, 2.05) is 39.0 Å². The topological polar surface area (TPSA) is 38.3 Å². The summed E-state index contributed by atoms with van der Waals surface area (Å²) in [7, 11) is 0. The molecule has 1 aromatic carbocycles. The van der Waals surface area contributed by atoms with Crippen molar-refractivity contribution < 1.29 is 9.53 Å². The van der Waals surface area contributed by atoms with Crippen molar-refractivity contribution in [2.75, 3.05) is 6.54 Å². The van der Waals surface area contributed by atoms with Gasteiger partial charge in [-0.3, -0.25) is 0 Å². The molecule has 1 atom stereocenters. The van der Waals surface area contributed by atoms with Crippen molar-refractivity contribution in [2.24, 2.45) is 0 Å². The zero-order chi connectivity index (χ0) is 15.9. The molecule has 0 saturated heterocycles. The van der Waals surface area contributed by atoms with Gasteiger partial charge in [0.25, 0.3) is 0 Å². The Hall–Kier alpha value is -1.48. The van der Waals surface area contributed by atoms with E-state index in [4.69, 9.17) is 16.3 Å². The van der Waals surface area contributed by atoms with Crippen molar-refractivity contribution in [1.29, 1.82) is 0 Å². The van der Waals surface area contributed by atoms with Crippen LogP contribution in [0.1, 0.15) is 45.6 Å².